The van der Waals surface area contributed by atoms with E-state index in [1.807, 2.05) is 0 Å². The van der Waals surface area contributed by atoms with Gasteiger partial charge in [0.15, 0.2) is 0 Å². The van der Waals surface area contributed by atoms with Crippen molar-refractivity contribution in [3.8, 4) is 0 Å². The van der Waals surface area contributed by atoms with Crippen molar-refractivity contribution in [3.63, 3.8) is 0 Å². The summed E-state index contributed by atoms with van der Waals surface area (Å²) in [5.41, 5.74) is 3.43. The molecule has 1 aromatic rings. The zero-order chi connectivity index (χ0) is 12.3. The standard InChI is InChI=1S/C16H25N/c1-4-6-13-7-5-8-14(11-13)16(2)10-9-15(12-16)17-3/h5,7-8,11,15,17H,4,6,9-10,12H2,1-3H3. The highest BCUT2D eigenvalue weighted by molar-refractivity contribution is 5.31. The van der Waals surface area contributed by atoms with E-state index < -0.39 is 0 Å². The van der Waals surface area contributed by atoms with Crippen LogP contribution in [0, 0.1) is 0 Å². The molecular weight excluding hydrogens is 206 g/mol. The van der Waals surface area contributed by atoms with Crippen LogP contribution in [0.5, 0.6) is 0 Å². The molecule has 1 aromatic carbocycles. The molecular formula is C16H25N. The van der Waals surface area contributed by atoms with Crippen LogP contribution < -0.4 is 5.32 Å². The van der Waals surface area contributed by atoms with Crippen LogP contribution >= 0.6 is 0 Å². The first-order valence-corrected chi connectivity index (χ1v) is 6.94. The largest absolute Gasteiger partial charge is 0.317 e. The van der Waals surface area contributed by atoms with Crippen LogP contribution in [-0.2, 0) is 11.8 Å². The van der Waals surface area contributed by atoms with Crippen LogP contribution in [-0.4, -0.2) is 13.1 Å². The Labute approximate surface area is 106 Å². The molecule has 2 rings (SSSR count). The molecule has 0 amide bonds. The summed E-state index contributed by atoms with van der Waals surface area (Å²) in [5.74, 6) is 0. The maximum Gasteiger partial charge on any atom is 0.00727 e. The second-order valence-electron chi connectivity index (χ2n) is 5.74. The van der Waals surface area contributed by atoms with E-state index in [1.54, 1.807) is 5.56 Å². The molecule has 1 fully saturated rings. The van der Waals surface area contributed by atoms with Crippen LogP contribution in [0.2, 0.25) is 0 Å². The quantitative estimate of drug-likeness (QED) is 0.833. The van der Waals surface area contributed by atoms with Gasteiger partial charge in [0.05, 0.1) is 0 Å². The van der Waals surface area contributed by atoms with Crippen molar-refractivity contribution >= 4 is 0 Å². The van der Waals surface area contributed by atoms with E-state index >= 15 is 0 Å². The summed E-state index contributed by atoms with van der Waals surface area (Å²) in [4.78, 5) is 0. The predicted molar refractivity (Wildman–Crippen MR) is 74.5 cm³/mol. The number of nitrogens with one attached hydrogen (secondary N) is 1. The summed E-state index contributed by atoms with van der Waals surface area (Å²) < 4.78 is 0. The van der Waals surface area contributed by atoms with Gasteiger partial charge in [0.2, 0.25) is 0 Å². The fourth-order valence-corrected chi connectivity index (χ4v) is 3.14. The lowest BCUT2D eigenvalue weighted by Crippen LogP contribution is -2.25. The zero-order valence-electron chi connectivity index (χ0n) is 11.4. The van der Waals surface area contributed by atoms with Gasteiger partial charge in [-0.15, -0.1) is 0 Å². The van der Waals surface area contributed by atoms with Crippen molar-refractivity contribution in [1.82, 2.24) is 5.32 Å². The highest BCUT2D eigenvalue weighted by Gasteiger charge is 2.35. The molecule has 1 saturated carbocycles. The summed E-state index contributed by atoms with van der Waals surface area (Å²) in [6.45, 7) is 4.68. The van der Waals surface area contributed by atoms with Gasteiger partial charge in [-0.05, 0) is 49.3 Å². The van der Waals surface area contributed by atoms with Gasteiger partial charge in [0.1, 0.15) is 0 Å². The van der Waals surface area contributed by atoms with Crippen molar-refractivity contribution in [3.05, 3.63) is 35.4 Å². The maximum atomic E-state index is 3.43. The van der Waals surface area contributed by atoms with E-state index in [0.717, 1.165) is 0 Å². The van der Waals surface area contributed by atoms with Crippen molar-refractivity contribution in [2.24, 2.45) is 0 Å². The Balaban J connectivity index is 2.18. The minimum absolute atomic E-state index is 0.386. The SMILES string of the molecule is CCCc1cccc(C2(C)CCC(NC)C2)c1. The Morgan fingerprint density at radius 1 is 1.41 bits per heavy atom. The molecule has 0 bridgehead atoms. The van der Waals surface area contributed by atoms with Crippen molar-refractivity contribution < 1.29 is 0 Å². The topological polar surface area (TPSA) is 12.0 Å². The Bertz CT molecular complexity index is 372. The second kappa shape index (κ2) is 5.22. The van der Waals surface area contributed by atoms with E-state index in [9.17, 15) is 0 Å². The number of benzene rings is 1. The van der Waals surface area contributed by atoms with Gasteiger partial charge < -0.3 is 5.32 Å². The van der Waals surface area contributed by atoms with Gasteiger partial charge in [0, 0.05) is 6.04 Å². The lowest BCUT2D eigenvalue weighted by atomic mass is 9.80. The number of aryl methyl sites for hydroxylation is 1. The molecule has 0 radical (unpaired) electrons. The first-order valence-electron chi connectivity index (χ1n) is 6.94. The Morgan fingerprint density at radius 3 is 2.88 bits per heavy atom. The molecule has 0 spiro atoms. The third-order valence-corrected chi connectivity index (χ3v) is 4.31. The van der Waals surface area contributed by atoms with Crippen molar-refractivity contribution in [2.45, 2.75) is 57.4 Å². The fraction of sp³-hybridized carbons (Fsp3) is 0.625. The summed E-state index contributed by atoms with van der Waals surface area (Å²) in [5, 5.41) is 3.43. The lowest BCUT2D eigenvalue weighted by molar-refractivity contribution is 0.466. The Kier molecular flexibility index (Phi) is 3.88. The molecule has 0 saturated heterocycles. The molecule has 1 heteroatoms. The van der Waals surface area contributed by atoms with Crippen molar-refractivity contribution in [1.29, 1.82) is 0 Å². The molecule has 1 nitrogen and oxygen atoms in total. The molecule has 1 N–H and O–H groups in total. The third kappa shape index (κ3) is 2.71. The van der Waals surface area contributed by atoms with Crippen LogP contribution in [0.4, 0.5) is 0 Å². The molecule has 2 unspecified atom stereocenters. The number of hydrogen-bond acceptors (Lipinski definition) is 1. The van der Waals surface area contributed by atoms with Gasteiger partial charge in [-0.2, -0.15) is 0 Å². The van der Waals surface area contributed by atoms with Crippen LogP contribution in [0.25, 0.3) is 0 Å². The van der Waals surface area contributed by atoms with E-state index in [1.165, 1.54) is 37.7 Å². The molecule has 0 aromatic heterocycles. The Morgan fingerprint density at radius 2 is 2.24 bits per heavy atom. The van der Waals surface area contributed by atoms with Gasteiger partial charge >= 0.3 is 0 Å². The average Bonchev–Trinajstić information content (AvgIpc) is 2.74. The van der Waals surface area contributed by atoms with Crippen LogP contribution in [0.1, 0.15) is 50.7 Å². The third-order valence-electron chi connectivity index (χ3n) is 4.31. The summed E-state index contributed by atoms with van der Waals surface area (Å²) >= 11 is 0. The first kappa shape index (κ1) is 12.6. The number of rotatable bonds is 4. The molecule has 0 aliphatic heterocycles. The van der Waals surface area contributed by atoms with Crippen LogP contribution in [0.3, 0.4) is 0 Å². The monoisotopic (exact) mass is 231 g/mol. The normalized spacial score (nSPS) is 28.5. The average molecular weight is 231 g/mol. The molecule has 1 aliphatic rings. The minimum atomic E-state index is 0.386. The molecule has 17 heavy (non-hydrogen) atoms. The highest BCUT2D eigenvalue weighted by atomic mass is 14.9. The Hall–Kier alpha value is -0.820. The summed E-state index contributed by atoms with van der Waals surface area (Å²) in [7, 11) is 2.09. The van der Waals surface area contributed by atoms with E-state index in [-0.39, 0.29) is 0 Å². The van der Waals surface area contributed by atoms with E-state index in [0.29, 0.717) is 11.5 Å². The van der Waals surface area contributed by atoms with E-state index in [4.69, 9.17) is 0 Å². The van der Waals surface area contributed by atoms with Gasteiger partial charge in [-0.25, -0.2) is 0 Å². The van der Waals surface area contributed by atoms with Gasteiger partial charge in [0.25, 0.3) is 0 Å². The summed E-state index contributed by atoms with van der Waals surface area (Å²) in [6.07, 6.45) is 6.34. The molecule has 0 heterocycles. The fourth-order valence-electron chi connectivity index (χ4n) is 3.14. The first-order chi connectivity index (χ1) is 8.18. The van der Waals surface area contributed by atoms with Crippen molar-refractivity contribution in [2.75, 3.05) is 7.05 Å². The van der Waals surface area contributed by atoms with Gasteiger partial charge in [-0.3, -0.25) is 0 Å². The zero-order valence-corrected chi connectivity index (χ0v) is 11.4. The molecule has 1 aliphatic carbocycles. The smallest absolute Gasteiger partial charge is 0.00727 e. The second-order valence-corrected chi connectivity index (χ2v) is 5.74. The minimum Gasteiger partial charge on any atom is -0.317 e. The van der Waals surface area contributed by atoms with Crippen LogP contribution in [0.15, 0.2) is 24.3 Å². The molecule has 94 valence electrons. The predicted octanol–water partition coefficient (Wildman–Crippen LogP) is 3.67. The summed E-state index contributed by atoms with van der Waals surface area (Å²) in [6, 6.07) is 9.95. The van der Waals surface area contributed by atoms with Gasteiger partial charge in [-0.1, -0.05) is 44.5 Å². The maximum absolute atomic E-state index is 3.43. The number of hydrogen-bond donors (Lipinski definition) is 1. The van der Waals surface area contributed by atoms with E-state index in [2.05, 4.69) is 50.5 Å². The highest BCUT2D eigenvalue weighted by Crippen LogP contribution is 2.40. The lowest BCUT2D eigenvalue weighted by Gasteiger charge is -2.25. The molecule has 2 atom stereocenters.